The van der Waals surface area contributed by atoms with E-state index < -0.39 is 0 Å². The van der Waals surface area contributed by atoms with Crippen LogP contribution in [0.1, 0.15) is 24.8 Å². The molecule has 1 fully saturated rings. The molecule has 0 unspecified atom stereocenters. The number of hydrogen-bond acceptors (Lipinski definition) is 2. The predicted octanol–water partition coefficient (Wildman–Crippen LogP) is 4.69. The van der Waals surface area contributed by atoms with E-state index in [4.69, 9.17) is 4.74 Å². The molecule has 2 aromatic rings. The number of nitrogens with one attached hydrogen (secondary N) is 1. The molecule has 2 amide bonds. The molecule has 1 N–H and O–H groups in total. The maximum absolute atomic E-state index is 12.5. The number of rotatable bonds is 4. The van der Waals surface area contributed by atoms with Gasteiger partial charge in [-0.3, -0.25) is 0 Å². The van der Waals surface area contributed by atoms with Crippen LogP contribution in [-0.2, 0) is 4.74 Å². The molecular formula is C21H26N2O2. The summed E-state index contributed by atoms with van der Waals surface area (Å²) in [7, 11) is 1.82. The van der Waals surface area contributed by atoms with Crippen LogP contribution in [0.2, 0.25) is 0 Å². The zero-order valence-electron chi connectivity index (χ0n) is 15.0. The van der Waals surface area contributed by atoms with Crippen molar-refractivity contribution in [3.8, 4) is 11.1 Å². The normalized spacial score (nSPS) is 17.1. The molecule has 3 rings (SSSR count). The van der Waals surface area contributed by atoms with E-state index in [1.807, 2.05) is 37.4 Å². The van der Waals surface area contributed by atoms with Crippen LogP contribution in [0.25, 0.3) is 11.1 Å². The number of nitrogens with zero attached hydrogens (tertiary/aromatic N) is 1. The van der Waals surface area contributed by atoms with Gasteiger partial charge in [-0.1, -0.05) is 36.4 Å². The minimum Gasteiger partial charge on any atom is -0.376 e. The van der Waals surface area contributed by atoms with Gasteiger partial charge in [0, 0.05) is 25.9 Å². The molecule has 1 aliphatic heterocycles. The molecule has 0 radical (unpaired) electrons. The molecule has 0 aliphatic carbocycles. The molecule has 1 heterocycles. The Bertz CT molecular complexity index is 723. The van der Waals surface area contributed by atoms with Gasteiger partial charge in [0.1, 0.15) is 0 Å². The second kappa shape index (κ2) is 8.17. The van der Waals surface area contributed by atoms with Crippen LogP contribution in [0.4, 0.5) is 10.5 Å². The first-order valence-corrected chi connectivity index (χ1v) is 8.93. The van der Waals surface area contributed by atoms with Gasteiger partial charge in [0.25, 0.3) is 0 Å². The zero-order valence-corrected chi connectivity index (χ0v) is 15.0. The summed E-state index contributed by atoms with van der Waals surface area (Å²) in [6.07, 6.45) is 3.49. The van der Waals surface area contributed by atoms with Gasteiger partial charge in [-0.05, 0) is 55.0 Å². The number of likely N-dealkylation sites (N-methyl/N-ethyl adjacent to an activating group) is 1. The fourth-order valence-corrected chi connectivity index (χ4v) is 3.22. The fourth-order valence-electron chi connectivity index (χ4n) is 3.22. The van der Waals surface area contributed by atoms with Crippen LogP contribution in [0.3, 0.4) is 0 Å². The Labute approximate surface area is 149 Å². The number of ether oxygens (including phenoxy) is 1. The summed E-state index contributed by atoms with van der Waals surface area (Å²) in [4.78, 5) is 14.2. The van der Waals surface area contributed by atoms with Crippen molar-refractivity contribution in [3.63, 3.8) is 0 Å². The number of carbonyl (C=O) groups is 1. The third-order valence-electron chi connectivity index (χ3n) is 4.67. The lowest BCUT2D eigenvalue weighted by Crippen LogP contribution is -2.39. The number of amides is 2. The molecule has 25 heavy (non-hydrogen) atoms. The van der Waals surface area contributed by atoms with Gasteiger partial charge in [-0.2, -0.15) is 0 Å². The van der Waals surface area contributed by atoms with Crippen molar-refractivity contribution in [1.29, 1.82) is 0 Å². The Kier molecular flexibility index (Phi) is 5.71. The van der Waals surface area contributed by atoms with E-state index in [-0.39, 0.29) is 12.1 Å². The van der Waals surface area contributed by atoms with Gasteiger partial charge in [-0.25, -0.2) is 4.79 Å². The quantitative estimate of drug-likeness (QED) is 0.878. The van der Waals surface area contributed by atoms with E-state index in [9.17, 15) is 4.79 Å². The summed E-state index contributed by atoms with van der Waals surface area (Å²) in [6.45, 7) is 3.53. The average Bonchev–Trinajstić information content (AvgIpc) is 2.63. The van der Waals surface area contributed by atoms with Crippen LogP contribution in [0, 0.1) is 6.92 Å². The number of aryl methyl sites for hydroxylation is 1. The number of benzene rings is 2. The molecule has 4 nitrogen and oxygen atoms in total. The highest BCUT2D eigenvalue weighted by Gasteiger charge is 2.18. The van der Waals surface area contributed by atoms with Gasteiger partial charge in [0.15, 0.2) is 0 Å². The first-order valence-electron chi connectivity index (χ1n) is 8.93. The molecule has 132 valence electrons. The smallest absolute Gasteiger partial charge is 0.321 e. The molecule has 1 saturated heterocycles. The van der Waals surface area contributed by atoms with E-state index in [2.05, 4.69) is 30.4 Å². The van der Waals surface area contributed by atoms with Crippen LogP contribution < -0.4 is 5.32 Å². The number of anilines is 1. The van der Waals surface area contributed by atoms with E-state index >= 15 is 0 Å². The topological polar surface area (TPSA) is 41.6 Å². The first kappa shape index (κ1) is 17.5. The van der Waals surface area contributed by atoms with Crippen LogP contribution in [-0.4, -0.2) is 37.2 Å². The maximum Gasteiger partial charge on any atom is 0.321 e. The summed E-state index contributed by atoms with van der Waals surface area (Å²) < 4.78 is 5.72. The summed E-state index contributed by atoms with van der Waals surface area (Å²) >= 11 is 0. The van der Waals surface area contributed by atoms with Gasteiger partial charge in [-0.15, -0.1) is 0 Å². The Morgan fingerprint density at radius 2 is 2.04 bits per heavy atom. The third-order valence-corrected chi connectivity index (χ3v) is 4.67. The second-order valence-corrected chi connectivity index (χ2v) is 6.69. The van der Waals surface area contributed by atoms with Crippen molar-refractivity contribution in [2.75, 3.05) is 25.5 Å². The molecule has 0 saturated carbocycles. The minimum absolute atomic E-state index is 0.101. The summed E-state index contributed by atoms with van der Waals surface area (Å²) in [5.74, 6) is 0. The first-order chi connectivity index (χ1) is 12.1. The Morgan fingerprint density at radius 1 is 1.20 bits per heavy atom. The molecule has 0 bridgehead atoms. The summed E-state index contributed by atoms with van der Waals surface area (Å²) in [6, 6.07) is 16.1. The lowest BCUT2D eigenvalue weighted by Gasteiger charge is -2.27. The lowest BCUT2D eigenvalue weighted by atomic mass is 10.0. The third kappa shape index (κ3) is 4.60. The average molecular weight is 338 g/mol. The highest BCUT2D eigenvalue weighted by atomic mass is 16.5. The van der Waals surface area contributed by atoms with E-state index in [0.29, 0.717) is 6.54 Å². The largest absolute Gasteiger partial charge is 0.376 e. The second-order valence-electron chi connectivity index (χ2n) is 6.69. The monoisotopic (exact) mass is 338 g/mol. The standard InChI is InChI=1S/C21H26N2O2/c1-16-8-3-4-12-20(16)17-9-7-10-18(14-17)22-21(24)23(2)15-19-11-5-6-13-25-19/h3-4,7-10,12,14,19H,5-6,11,13,15H2,1-2H3,(H,22,24)/t19-/m0/s1. The lowest BCUT2D eigenvalue weighted by molar-refractivity contribution is 0.00463. The SMILES string of the molecule is Cc1ccccc1-c1cccc(NC(=O)N(C)C[C@@H]2CCCCO2)c1. The van der Waals surface area contributed by atoms with Crippen molar-refractivity contribution in [2.24, 2.45) is 0 Å². The van der Waals surface area contributed by atoms with Gasteiger partial charge in [0.05, 0.1) is 6.10 Å². The number of urea groups is 1. The predicted molar refractivity (Wildman–Crippen MR) is 102 cm³/mol. The number of hydrogen-bond donors (Lipinski definition) is 1. The molecule has 1 aliphatic rings. The van der Waals surface area contributed by atoms with Gasteiger partial charge < -0.3 is 15.0 Å². The van der Waals surface area contributed by atoms with E-state index in [1.54, 1.807) is 4.90 Å². The molecule has 4 heteroatoms. The van der Waals surface area contributed by atoms with Gasteiger partial charge >= 0.3 is 6.03 Å². The van der Waals surface area contributed by atoms with Crippen molar-refractivity contribution in [2.45, 2.75) is 32.3 Å². The Balaban J connectivity index is 1.65. The maximum atomic E-state index is 12.5. The molecule has 0 aromatic heterocycles. The van der Waals surface area contributed by atoms with E-state index in [0.717, 1.165) is 30.7 Å². The minimum atomic E-state index is -0.101. The van der Waals surface area contributed by atoms with Crippen molar-refractivity contribution in [3.05, 3.63) is 54.1 Å². The van der Waals surface area contributed by atoms with Crippen molar-refractivity contribution >= 4 is 11.7 Å². The zero-order chi connectivity index (χ0) is 17.6. The Hall–Kier alpha value is -2.33. The Morgan fingerprint density at radius 3 is 2.80 bits per heavy atom. The molecule has 0 spiro atoms. The van der Waals surface area contributed by atoms with Gasteiger partial charge in [0.2, 0.25) is 0 Å². The highest BCUT2D eigenvalue weighted by Crippen LogP contribution is 2.25. The van der Waals surface area contributed by atoms with Crippen LogP contribution >= 0.6 is 0 Å². The molecule has 2 aromatic carbocycles. The van der Waals surface area contributed by atoms with Crippen LogP contribution in [0.15, 0.2) is 48.5 Å². The van der Waals surface area contributed by atoms with Crippen LogP contribution in [0.5, 0.6) is 0 Å². The van der Waals surface area contributed by atoms with Crippen molar-refractivity contribution < 1.29 is 9.53 Å². The summed E-state index contributed by atoms with van der Waals surface area (Å²) in [5, 5.41) is 2.99. The molecular weight excluding hydrogens is 312 g/mol. The van der Waals surface area contributed by atoms with Crippen molar-refractivity contribution in [1.82, 2.24) is 4.90 Å². The number of carbonyl (C=O) groups excluding carboxylic acids is 1. The molecule has 1 atom stereocenters. The van der Waals surface area contributed by atoms with E-state index in [1.165, 1.54) is 17.5 Å². The summed E-state index contributed by atoms with van der Waals surface area (Å²) in [5.41, 5.74) is 4.32. The highest BCUT2D eigenvalue weighted by molar-refractivity contribution is 5.90. The fraction of sp³-hybridized carbons (Fsp3) is 0.381.